The maximum absolute atomic E-state index is 13.1. The van der Waals surface area contributed by atoms with Gasteiger partial charge in [-0.15, -0.1) is 13.2 Å². The number of aliphatic hydroxyl groups is 1. The average Bonchev–Trinajstić information content (AvgIpc) is 3.23. The number of aromatic amines is 1. The standard InChI is InChI=1S/C26H35N3O5/c1-4-6-12-25(32)34-17-21(13-20-15-27-23-11-8-7-10-22(20)23)29-26(33)19(9-5-2)14-24(31)28-18(3)16-30/h4-5,7-8,10-11,15,18-19,21,27,30H,1-2,6,9,12-14,16-17H2,3H3,(H,28,31)(H,29,33). The lowest BCUT2D eigenvalue weighted by Gasteiger charge is -2.22. The number of carbonyl (C=O) groups is 3. The van der Waals surface area contributed by atoms with Crippen LogP contribution in [0, 0.1) is 5.92 Å². The molecule has 0 aliphatic rings. The van der Waals surface area contributed by atoms with E-state index in [4.69, 9.17) is 9.84 Å². The molecule has 2 amide bonds. The summed E-state index contributed by atoms with van der Waals surface area (Å²) in [7, 11) is 0. The van der Waals surface area contributed by atoms with Gasteiger partial charge in [-0.05, 0) is 37.8 Å². The van der Waals surface area contributed by atoms with Crippen molar-refractivity contribution in [2.45, 2.75) is 51.1 Å². The van der Waals surface area contributed by atoms with E-state index in [1.807, 2.05) is 30.5 Å². The van der Waals surface area contributed by atoms with Crippen molar-refractivity contribution in [1.82, 2.24) is 15.6 Å². The Morgan fingerprint density at radius 2 is 1.94 bits per heavy atom. The second-order valence-corrected chi connectivity index (χ2v) is 8.36. The minimum atomic E-state index is -0.634. The molecule has 1 heterocycles. The Kier molecular flexibility index (Phi) is 11.1. The minimum Gasteiger partial charge on any atom is -0.463 e. The number of benzene rings is 1. The molecule has 8 nitrogen and oxygen atoms in total. The number of allylic oxidation sites excluding steroid dienone is 2. The normalized spacial score (nSPS) is 13.5. The van der Waals surface area contributed by atoms with Crippen LogP contribution in [-0.4, -0.2) is 53.2 Å². The van der Waals surface area contributed by atoms with E-state index in [-0.39, 0.29) is 43.8 Å². The zero-order valence-corrected chi connectivity index (χ0v) is 19.7. The van der Waals surface area contributed by atoms with Crippen molar-refractivity contribution >= 4 is 28.7 Å². The van der Waals surface area contributed by atoms with Crippen LogP contribution in [0.5, 0.6) is 0 Å². The van der Waals surface area contributed by atoms with Crippen LogP contribution >= 0.6 is 0 Å². The fraction of sp³-hybridized carbons (Fsp3) is 0.423. The summed E-state index contributed by atoms with van der Waals surface area (Å²) < 4.78 is 5.42. The second kappa shape index (κ2) is 14.0. The lowest BCUT2D eigenvalue weighted by atomic mass is 9.98. The molecule has 0 fully saturated rings. The van der Waals surface area contributed by atoms with Crippen molar-refractivity contribution in [1.29, 1.82) is 0 Å². The number of fused-ring (bicyclic) bond motifs is 1. The molecule has 4 N–H and O–H groups in total. The van der Waals surface area contributed by atoms with Crippen molar-refractivity contribution in [3.05, 3.63) is 61.3 Å². The molecule has 184 valence electrons. The van der Waals surface area contributed by atoms with Gasteiger partial charge in [-0.1, -0.05) is 30.4 Å². The quantitative estimate of drug-likeness (QED) is 0.236. The molecule has 0 aliphatic heterocycles. The predicted molar refractivity (Wildman–Crippen MR) is 132 cm³/mol. The minimum absolute atomic E-state index is 0.00970. The van der Waals surface area contributed by atoms with Crippen molar-refractivity contribution in [2.75, 3.05) is 13.2 Å². The molecule has 0 aliphatic carbocycles. The van der Waals surface area contributed by atoms with Crippen molar-refractivity contribution in [3.8, 4) is 0 Å². The molecule has 8 heteroatoms. The Labute approximate surface area is 200 Å². The molecule has 2 rings (SSSR count). The highest BCUT2D eigenvalue weighted by atomic mass is 16.5. The number of hydrogen-bond donors (Lipinski definition) is 4. The number of para-hydroxylation sites is 1. The fourth-order valence-electron chi connectivity index (χ4n) is 3.61. The highest BCUT2D eigenvalue weighted by molar-refractivity contribution is 5.86. The van der Waals surface area contributed by atoms with Crippen LogP contribution in [0.4, 0.5) is 0 Å². The van der Waals surface area contributed by atoms with Gasteiger partial charge in [0.05, 0.1) is 18.6 Å². The van der Waals surface area contributed by atoms with Crippen molar-refractivity contribution < 1.29 is 24.2 Å². The summed E-state index contributed by atoms with van der Waals surface area (Å²) in [5.74, 6) is -1.64. The number of ether oxygens (including phenoxy) is 1. The molecule has 3 atom stereocenters. The molecule has 0 bridgehead atoms. The van der Waals surface area contributed by atoms with Crippen molar-refractivity contribution in [2.24, 2.45) is 5.92 Å². The summed E-state index contributed by atoms with van der Waals surface area (Å²) >= 11 is 0. The third-order valence-corrected chi connectivity index (χ3v) is 5.42. The van der Waals surface area contributed by atoms with E-state index < -0.39 is 18.0 Å². The summed E-state index contributed by atoms with van der Waals surface area (Å²) in [6.45, 7) is 8.81. The van der Waals surface area contributed by atoms with Crippen LogP contribution in [0.15, 0.2) is 55.8 Å². The second-order valence-electron chi connectivity index (χ2n) is 8.36. The number of H-pyrrole nitrogens is 1. The molecule has 1 aromatic carbocycles. The highest BCUT2D eigenvalue weighted by Gasteiger charge is 2.25. The van der Waals surface area contributed by atoms with Crippen LogP contribution in [0.3, 0.4) is 0 Å². The van der Waals surface area contributed by atoms with Crippen LogP contribution in [0.25, 0.3) is 10.9 Å². The molecule has 0 radical (unpaired) electrons. The number of aromatic nitrogens is 1. The van der Waals surface area contributed by atoms with E-state index in [2.05, 4.69) is 28.8 Å². The number of rotatable bonds is 15. The van der Waals surface area contributed by atoms with E-state index in [0.29, 0.717) is 19.3 Å². The topological polar surface area (TPSA) is 121 Å². The number of nitrogens with one attached hydrogen (secondary N) is 3. The van der Waals surface area contributed by atoms with Gasteiger partial charge in [-0.25, -0.2) is 0 Å². The predicted octanol–water partition coefficient (Wildman–Crippen LogP) is 2.78. The summed E-state index contributed by atoms with van der Waals surface area (Å²) in [5, 5.41) is 15.8. The van der Waals surface area contributed by atoms with Gasteiger partial charge in [-0.3, -0.25) is 14.4 Å². The molecule has 3 unspecified atom stereocenters. The summed E-state index contributed by atoms with van der Waals surface area (Å²) in [6.07, 6.45) is 6.58. The maximum atomic E-state index is 13.1. The van der Waals surface area contributed by atoms with Gasteiger partial charge < -0.3 is 25.5 Å². The van der Waals surface area contributed by atoms with E-state index >= 15 is 0 Å². The Balaban J connectivity index is 2.12. The van der Waals surface area contributed by atoms with Crippen molar-refractivity contribution in [3.63, 3.8) is 0 Å². The third kappa shape index (κ3) is 8.51. The third-order valence-electron chi connectivity index (χ3n) is 5.42. The Morgan fingerprint density at radius 1 is 1.18 bits per heavy atom. The first-order valence-electron chi connectivity index (χ1n) is 11.5. The first-order valence-corrected chi connectivity index (χ1v) is 11.5. The summed E-state index contributed by atoms with van der Waals surface area (Å²) in [4.78, 5) is 40.6. The number of hydrogen-bond acceptors (Lipinski definition) is 5. The van der Waals surface area contributed by atoms with Gasteiger partial charge in [0, 0.05) is 36.0 Å². The van der Waals surface area contributed by atoms with Crippen LogP contribution in [0.1, 0.15) is 38.2 Å². The average molecular weight is 470 g/mol. The Morgan fingerprint density at radius 3 is 2.65 bits per heavy atom. The van der Waals surface area contributed by atoms with Gasteiger partial charge >= 0.3 is 5.97 Å². The van der Waals surface area contributed by atoms with E-state index in [1.165, 1.54) is 0 Å². The van der Waals surface area contributed by atoms with E-state index in [1.54, 1.807) is 19.1 Å². The zero-order chi connectivity index (χ0) is 24.9. The lowest BCUT2D eigenvalue weighted by Crippen LogP contribution is -2.45. The molecule has 0 saturated carbocycles. The first kappa shape index (κ1) is 26.9. The van der Waals surface area contributed by atoms with Gasteiger partial charge in [0.25, 0.3) is 0 Å². The van der Waals surface area contributed by atoms with Gasteiger partial charge in [-0.2, -0.15) is 0 Å². The molecular formula is C26H35N3O5. The smallest absolute Gasteiger partial charge is 0.306 e. The summed E-state index contributed by atoms with van der Waals surface area (Å²) in [6, 6.07) is 6.95. The fourth-order valence-corrected chi connectivity index (χ4v) is 3.61. The monoisotopic (exact) mass is 469 g/mol. The molecule has 0 spiro atoms. The van der Waals surface area contributed by atoms with Gasteiger partial charge in [0.2, 0.25) is 11.8 Å². The van der Waals surface area contributed by atoms with Crippen LogP contribution < -0.4 is 10.6 Å². The largest absolute Gasteiger partial charge is 0.463 e. The van der Waals surface area contributed by atoms with E-state index in [0.717, 1.165) is 16.5 Å². The zero-order valence-electron chi connectivity index (χ0n) is 19.7. The number of esters is 1. The lowest BCUT2D eigenvalue weighted by molar-refractivity contribution is -0.145. The molecule has 34 heavy (non-hydrogen) atoms. The Hall–Kier alpha value is -3.39. The summed E-state index contributed by atoms with van der Waals surface area (Å²) in [5.41, 5.74) is 1.96. The SMILES string of the molecule is C=CCCC(=O)OCC(Cc1c[nH]c2ccccc12)NC(=O)C(CC=C)CC(=O)NC(C)CO. The molecule has 2 aromatic rings. The van der Waals surface area contributed by atoms with Crippen LogP contribution in [-0.2, 0) is 25.5 Å². The van der Waals surface area contributed by atoms with Crippen LogP contribution in [0.2, 0.25) is 0 Å². The molecule has 0 saturated heterocycles. The van der Waals surface area contributed by atoms with E-state index in [9.17, 15) is 14.4 Å². The number of aliphatic hydroxyl groups excluding tert-OH is 1. The molecular weight excluding hydrogens is 434 g/mol. The number of amides is 2. The Bertz CT molecular complexity index is 984. The van der Waals surface area contributed by atoms with Gasteiger partial charge in [0.1, 0.15) is 6.61 Å². The highest BCUT2D eigenvalue weighted by Crippen LogP contribution is 2.20. The maximum Gasteiger partial charge on any atom is 0.306 e. The van der Waals surface area contributed by atoms with Gasteiger partial charge in [0.15, 0.2) is 0 Å². The first-order chi connectivity index (χ1) is 16.4. The molecule has 1 aromatic heterocycles. The number of carbonyl (C=O) groups excluding carboxylic acids is 3.